The monoisotopic (exact) mass is 499 g/mol. The van der Waals surface area contributed by atoms with Gasteiger partial charge in [0.2, 0.25) is 0 Å². The van der Waals surface area contributed by atoms with Crippen molar-refractivity contribution in [1.82, 2.24) is 0 Å². The van der Waals surface area contributed by atoms with Crippen LogP contribution in [0.2, 0.25) is 0 Å². The lowest BCUT2D eigenvalue weighted by Crippen LogP contribution is -2.29. The van der Waals surface area contributed by atoms with E-state index in [-0.39, 0.29) is 16.7 Å². The van der Waals surface area contributed by atoms with Crippen LogP contribution in [0.5, 0.6) is 11.5 Å². The highest BCUT2D eigenvalue weighted by Gasteiger charge is 2.47. The summed E-state index contributed by atoms with van der Waals surface area (Å²) in [5, 5.41) is 11.4. The highest BCUT2D eigenvalue weighted by molar-refractivity contribution is 6.51. The van der Waals surface area contributed by atoms with E-state index < -0.39 is 17.7 Å². The molecule has 192 valence electrons. The van der Waals surface area contributed by atoms with Crippen molar-refractivity contribution in [2.75, 3.05) is 18.6 Å². The lowest BCUT2D eigenvalue weighted by molar-refractivity contribution is -0.132. The van der Waals surface area contributed by atoms with Crippen LogP contribution in [0.3, 0.4) is 0 Å². The number of aryl methyl sites for hydroxylation is 1. The van der Waals surface area contributed by atoms with Gasteiger partial charge in [-0.15, -0.1) is 0 Å². The van der Waals surface area contributed by atoms with Crippen LogP contribution in [-0.4, -0.2) is 30.5 Å². The van der Waals surface area contributed by atoms with Crippen LogP contribution in [0, 0.1) is 6.92 Å². The number of carbonyl (C=O) groups is 2. The average molecular weight is 500 g/mol. The number of rotatable bonds is 6. The largest absolute Gasteiger partial charge is 0.507 e. The van der Waals surface area contributed by atoms with Gasteiger partial charge >= 0.3 is 0 Å². The van der Waals surface area contributed by atoms with E-state index in [1.165, 1.54) is 4.90 Å². The molecule has 37 heavy (non-hydrogen) atoms. The molecule has 1 unspecified atom stereocenters. The molecule has 1 fully saturated rings. The minimum Gasteiger partial charge on any atom is -0.507 e. The molecule has 3 aromatic rings. The molecule has 6 nitrogen and oxygen atoms in total. The van der Waals surface area contributed by atoms with Crippen LogP contribution in [0.15, 0.2) is 72.3 Å². The van der Waals surface area contributed by atoms with Gasteiger partial charge in [-0.25, -0.2) is 0 Å². The standard InChI is InChI=1S/C31H33NO5/c1-7-37-25-16-13-21(17-19(25)2)28(33)26-27(20-11-14-22(15-12-20)31(3,4)5)32(30(35)29(26)34)23-9-8-10-24(18-23)36-6/h8-18,27,33H,7H2,1-6H3/b28-26+. The minimum atomic E-state index is -0.812. The molecule has 0 radical (unpaired) electrons. The zero-order valence-electron chi connectivity index (χ0n) is 22.2. The highest BCUT2D eigenvalue weighted by atomic mass is 16.5. The molecule has 0 aromatic heterocycles. The van der Waals surface area contributed by atoms with Crippen molar-refractivity contribution in [3.8, 4) is 11.5 Å². The smallest absolute Gasteiger partial charge is 0.300 e. The molecule has 1 amide bonds. The van der Waals surface area contributed by atoms with Crippen molar-refractivity contribution in [2.45, 2.75) is 46.1 Å². The molecule has 0 saturated carbocycles. The predicted octanol–water partition coefficient (Wildman–Crippen LogP) is 6.33. The van der Waals surface area contributed by atoms with E-state index in [2.05, 4.69) is 20.8 Å². The summed E-state index contributed by atoms with van der Waals surface area (Å²) in [6.45, 7) is 10.7. The van der Waals surface area contributed by atoms with Crippen LogP contribution >= 0.6 is 0 Å². The van der Waals surface area contributed by atoms with Crippen LogP contribution in [-0.2, 0) is 15.0 Å². The Balaban J connectivity index is 1.91. The second-order valence-electron chi connectivity index (χ2n) is 10.2. The third-order valence-corrected chi connectivity index (χ3v) is 6.62. The van der Waals surface area contributed by atoms with E-state index in [1.807, 2.05) is 38.1 Å². The molecular weight excluding hydrogens is 466 g/mol. The number of aliphatic hydroxyl groups is 1. The first-order chi connectivity index (χ1) is 17.6. The summed E-state index contributed by atoms with van der Waals surface area (Å²) in [4.78, 5) is 28.3. The molecule has 0 bridgehead atoms. The van der Waals surface area contributed by atoms with E-state index in [0.717, 1.165) is 16.7 Å². The number of anilines is 1. The van der Waals surface area contributed by atoms with Gasteiger partial charge in [0.05, 0.1) is 25.3 Å². The van der Waals surface area contributed by atoms with Crippen molar-refractivity contribution in [2.24, 2.45) is 0 Å². The SMILES string of the molecule is CCOc1ccc(/C(O)=C2\C(=O)C(=O)N(c3cccc(OC)c3)C2c2ccc(C(C)(C)C)cc2)cc1C. The molecule has 6 heteroatoms. The molecule has 1 heterocycles. The van der Waals surface area contributed by atoms with E-state index >= 15 is 0 Å². The number of benzene rings is 3. The van der Waals surface area contributed by atoms with Gasteiger partial charge < -0.3 is 14.6 Å². The normalized spacial score (nSPS) is 17.2. The van der Waals surface area contributed by atoms with Crippen molar-refractivity contribution in [3.63, 3.8) is 0 Å². The molecule has 0 aliphatic carbocycles. The maximum Gasteiger partial charge on any atom is 0.300 e. The number of ether oxygens (including phenoxy) is 2. The summed E-state index contributed by atoms with van der Waals surface area (Å²) < 4.78 is 11.0. The summed E-state index contributed by atoms with van der Waals surface area (Å²) in [5.74, 6) is -0.410. The Kier molecular flexibility index (Phi) is 7.12. The number of Topliss-reactive ketones (excluding diaryl/α,β-unsaturated/α-hetero) is 1. The van der Waals surface area contributed by atoms with Gasteiger partial charge in [-0.05, 0) is 66.3 Å². The predicted molar refractivity (Wildman–Crippen MR) is 145 cm³/mol. The Bertz CT molecular complexity index is 1370. The summed E-state index contributed by atoms with van der Waals surface area (Å²) in [5.41, 5.74) is 3.59. The topological polar surface area (TPSA) is 76.1 Å². The zero-order chi connectivity index (χ0) is 26.9. The third kappa shape index (κ3) is 4.96. The van der Waals surface area contributed by atoms with Gasteiger partial charge in [-0.3, -0.25) is 14.5 Å². The summed E-state index contributed by atoms with van der Waals surface area (Å²) in [7, 11) is 1.55. The van der Waals surface area contributed by atoms with Crippen molar-refractivity contribution in [1.29, 1.82) is 0 Å². The second-order valence-corrected chi connectivity index (χ2v) is 10.2. The lowest BCUT2D eigenvalue weighted by Gasteiger charge is -2.27. The molecule has 3 aromatic carbocycles. The Morgan fingerprint density at radius 3 is 2.30 bits per heavy atom. The lowest BCUT2D eigenvalue weighted by atomic mass is 9.85. The van der Waals surface area contributed by atoms with Crippen LogP contribution < -0.4 is 14.4 Å². The zero-order valence-corrected chi connectivity index (χ0v) is 22.2. The molecule has 1 N–H and O–H groups in total. The highest BCUT2D eigenvalue weighted by Crippen LogP contribution is 2.43. The fourth-order valence-corrected chi connectivity index (χ4v) is 4.61. The number of ketones is 1. The molecular formula is C31H33NO5. The number of nitrogens with zero attached hydrogens (tertiary/aromatic N) is 1. The third-order valence-electron chi connectivity index (χ3n) is 6.62. The van der Waals surface area contributed by atoms with Crippen molar-refractivity contribution < 1.29 is 24.2 Å². The molecule has 0 spiro atoms. The van der Waals surface area contributed by atoms with Gasteiger partial charge in [0.15, 0.2) is 0 Å². The van der Waals surface area contributed by atoms with E-state index in [0.29, 0.717) is 29.4 Å². The van der Waals surface area contributed by atoms with Gasteiger partial charge in [0.1, 0.15) is 17.3 Å². The number of hydrogen-bond donors (Lipinski definition) is 1. The van der Waals surface area contributed by atoms with Gasteiger partial charge in [-0.2, -0.15) is 0 Å². The number of amides is 1. The van der Waals surface area contributed by atoms with Crippen LogP contribution in [0.25, 0.3) is 5.76 Å². The molecule has 1 atom stereocenters. The molecule has 4 rings (SSSR count). The number of carbonyl (C=O) groups excluding carboxylic acids is 2. The van der Waals surface area contributed by atoms with Gasteiger partial charge in [0.25, 0.3) is 11.7 Å². The van der Waals surface area contributed by atoms with Crippen LogP contribution in [0.4, 0.5) is 5.69 Å². The van der Waals surface area contributed by atoms with E-state index in [1.54, 1.807) is 49.6 Å². The minimum absolute atomic E-state index is 0.0416. The maximum atomic E-state index is 13.5. The Labute approximate surface area is 218 Å². The summed E-state index contributed by atoms with van der Waals surface area (Å²) in [6.07, 6.45) is 0. The average Bonchev–Trinajstić information content (AvgIpc) is 3.14. The van der Waals surface area contributed by atoms with E-state index in [9.17, 15) is 14.7 Å². The summed E-state index contributed by atoms with van der Waals surface area (Å²) in [6, 6.07) is 19.3. The van der Waals surface area contributed by atoms with Gasteiger partial charge in [-0.1, -0.05) is 51.1 Å². The van der Waals surface area contributed by atoms with Gasteiger partial charge in [0, 0.05) is 17.3 Å². The first-order valence-electron chi connectivity index (χ1n) is 12.4. The fraction of sp³-hybridized carbons (Fsp3) is 0.290. The summed E-state index contributed by atoms with van der Waals surface area (Å²) >= 11 is 0. The Morgan fingerprint density at radius 1 is 1.00 bits per heavy atom. The fourth-order valence-electron chi connectivity index (χ4n) is 4.61. The van der Waals surface area contributed by atoms with Crippen LogP contribution in [0.1, 0.15) is 56.0 Å². The molecule has 1 aliphatic rings. The maximum absolute atomic E-state index is 13.5. The molecule has 1 aliphatic heterocycles. The number of methoxy groups -OCH3 is 1. The van der Waals surface area contributed by atoms with Crippen molar-refractivity contribution in [3.05, 3.63) is 94.6 Å². The van der Waals surface area contributed by atoms with Crippen molar-refractivity contribution >= 4 is 23.1 Å². The second kappa shape index (κ2) is 10.1. The Morgan fingerprint density at radius 2 is 1.70 bits per heavy atom. The quantitative estimate of drug-likeness (QED) is 0.244. The van der Waals surface area contributed by atoms with E-state index in [4.69, 9.17) is 9.47 Å². The number of aliphatic hydroxyl groups excluding tert-OH is 1. The first kappa shape index (κ1) is 26.0. The first-order valence-corrected chi connectivity index (χ1v) is 12.4. The Hall–Kier alpha value is -4.06. The number of hydrogen-bond acceptors (Lipinski definition) is 5. The molecule has 1 saturated heterocycles.